The molecule has 1 aromatic rings. The lowest BCUT2D eigenvalue weighted by Gasteiger charge is -2.18. The van der Waals surface area contributed by atoms with Crippen LogP contribution in [0, 0.1) is 0 Å². The van der Waals surface area contributed by atoms with E-state index in [0.29, 0.717) is 103 Å². The van der Waals surface area contributed by atoms with Gasteiger partial charge in [-0.05, 0) is 12.1 Å². The Balaban J connectivity index is 2.75. The van der Waals surface area contributed by atoms with E-state index in [1.807, 2.05) is 0 Å². The molecule has 0 aliphatic rings. The summed E-state index contributed by atoms with van der Waals surface area (Å²) in [6.07, 6.45) is 0. The van der Waals surface area contributed by atoms with Gasteiger partial charge in [-0.2, -0.15) is 0 Å². The number of hydrogen-bond acceptors (Lipinski definition) is 14. The van der Waals surface area contributed by atoms with Gasteiger partial charge in [-0.3, -0.25) is 0 Å². The molecule has 250 valence electrons. The Kier molecular flexibility index (Phi) is 25.7. The van der Waals surface area contributed by atoms with E-state index in [2.05, 4.69) is 0 Å². The maximum atomic E-state index is 12.4. The molecule has 0 saturated heterocycles. The summed E-state index contributed by atoms with van der Waals surface area (Å²) in [5.41, 5.74) is 0.240. The summed E-state index contributed by atoms with van der Waals surface area (Å²) in [6.45, 7) is 7.05. The average molecular weight is 623 g/mol. The quantitative estimate of drug-likeness (QED) is 0.0876. The number of carbonyl (C=O) groups is 1. The van der Waals surface area contributed by atoms with Crippen molar-refractivity contribution in [2.24, 2.45) is 0 Å². The minimum Gasteiger partial charge on any atom is -0.487 e. The Hall–Kier alpha value is -2.27. The van der Waals surface area contributed by atoms with Crippen molar-refractivity contribution in [3.8, 4) is 17.2 Å². The monoisotopic (exact) mass is 622 g/mol. The van der Waals surface area contributed by atoms with Crippen LogP contribution in [0.5, 0.6) is 17.2 Å². The first kappa shape index (κ1) is 38.8. The van der Waals surface area contributed by atoms with Gasteiger partial charge >= 0.3 is 5.97 Å². The summed E-state index contributed by atoms with van der Waals surface area (Å²) in [5.74, 6) is 0.367. The van der Waals surface area contributed by atoms with E-state index in [4.69, 9.17) is 61.6 Å². The van der Waals surface area contributed by atoms with Gasteiger partial charge < -0.3 is 61.6 Å². The van der Waals surface area contributed by atoms with Gasteiger partial charge in [0.05, 0.1) is 112 Å². The highest BCUT2D eigenvalue weighted by Gasteiger charge is 2.19. The lowest BCUT2D eigenvalue weighted by molar-refractivity contribution is 0.0146. The van der Waals surface area contributed by atoms with Crippen molar-refractivity contribution < 1.29 is 66.4 Å². The molecular formula is C29H50O14. The van der Waals surface area contributed by atoms with Crippen LogP contribution in [0.1, 0.15) is 10.4 Å². The third-order valence-electron chi connectivity index (χ3n) is 5.30. The van der Waals surface area contributed by atoms with Gasteiger partial charge in [0.2, 0.25) is 5.75 Å². The van der Waals surface area contributed by atoms with E-state index in [0.717, 1.165) is 0 Å². The zero-order valence-corrected chi connectivity index (χ0v) is 26.1. The highest BCUT2D eigenvalue weighted by Crippen LogP contribution is 2.39. The summed E-state index contributed by atoms with van der Waals surface area (Å²) in [4.78, 5) is 12.4. The van der Waals surface area contributed by atoms with Gasteiger partial charge in [0.1, 0.15) is 19.8 Å². The lowest BCUT2D eigenvalue weighted by atomic mass is 10.2. The second-order valence-corrected chi connectivity index (χ2v) is 8.49. The summed E-state index contributed by atoms with van der Waals surface area (Å²) >= 11 is 0. The SMILES string of the molecule is COCCOCCOCCOc1cc(C(=O)OC)cc(OCCOCCOCCOC)c1OCCOCCOCCOC. The first-order chi connectivity index (χ1) is 21.2. The van der Waals surface area contributed by atoms with Crippen LogP contribution in [-0.2, 0) is 47.4 Å². The van der Waals surface area contributed by atoms with Gasteiger partial charge in [-0.1, -0.05) is 0 Å². The first-order valence-corrected chi connectivity index (χ1v) is 14.3. The smallest absolute Gasteiger partial charge is 0.338 e. The van der Waals surface area contributed by atoms with Crippen molar-refractivity contribution >= 4 is 5.97 Å². The van der Waals surface area contributed by atoms with Crippen LogP contribution in [0.3, 0.4) is 0 Å². The number of rotatable bonds is 31. The van der Waals surface area contributed by atoms with Gasteiger partial charge in [0.15, 0.2) is 11.5 Å². The topological polar surface area (TPSA) is 137 Å². The minimum absolute atomic E-state index is 0.194. The largest absolute Gasteiger partial charge is 0.487 e. The normalized spacial score (nSPS) is 11.1. The third kappa shape index (κ3) is 20.3. The van der Waals surface area contributed by atoms with Gasteiger partial charge in [0, 0.05) is 21.3 Å². The second-order valence-electron chi connectivity index (χ2n) is 8.49. The summed E-state index contributed by atoms with van der Waals surface area (Å²) in [7, 11) is 6.15. The fourth-order valence-corrected chi connectivity index (χ4v) is 3.19. The first-order valence-electron chi connectivity index (χ1n) is 14.3. The standard InChI is InChI=1S/C29H50O14/c1-31-5-8-35-11-14-38-17-20-41-26-23-25(29(30)34-4)24-27(42-21-18-39-15-12-36-9-6-32-2)28(26)43-22-19-40-16-13-37-10-7-33-3/h23-24H,5-22H2,1-4H3. The molecule has 0 amide bonds. The number of methoxy groups -OCH3 is 4. The fraction of sp³-hybridized carbons (Fsp3) is 0.759. The minimum atomic E-state index is -0.549. The molecule has 0 atom stereocenters. The third-order valence-corrected chi connectivity index (χ3v) is 5.30. The lowest BCUT2D eigenvalue weighted by Crippen LogP contribution is -2.16. The second kappa shape index (κ2) is 28.5. The van der Waals surface area contributed by atoms with Crippen LogP contribution < -0.4 is 14.2 Å². The highest BCUT2D eigenvalue weighted by molar-refractivity contribution is 5.91. The zero-order valence-electron chi connectivity index (χ0n) is 26.1. The molecule has 0 spiro atoms. The summed E-state index contributed by atoms with van der Waals surface area (Å²) < 4.78 is 70.6. The number of carbonyl (C=O) groups excluding carboxylic acids is 1. The van der Waals surface area contributed by atoms with Crippen molar-refractivity contribution in [1.29, 1.82) is 0 Å². The molecule has 0 radical (unpaired) electrons. The molecule has 1 aromatic carbocycles. The molecule has 0 aromatic heterocycles. The molecule has 0 fully saturated rings. The van der Waals surface area contributed by atoms with Crippen molar-refractivity contribution in [1.82, 2.24) is 0 Å². The van der Waals surface area contributed by atoms with Gasteiger partial charge in [0.25, 0.3) is 0 Å². The predicted octanol–water partition coefficient (Wildman–Crippen LogP) is 1.65. The Labute approximate surface area is 254 Å². The molecule has 0 aliphatic carbocycles. The van der Waals surface area contributed by atoms with Crippen LogP contribution in [0.2, 0.25) is 0 Å². The molecule has 0 bridgehead atoms. The number of esters is 1. The van der Waals surface area contributed by atoms with Crippen molar-refractivity contribution in [2.75, 3.05) is 147 Å². The zero-order chi connectivity index (χ0) is 31.2. The van der Waals surface area contributed by atoms with E-state index in [-0.39, 0.29) is 38.6 Å². The molecule has 0 aliphatic heterocycles. The maximum Gasteiger partial charge on any atom is 0.338 e. The van der Waals surface area contributed by atoms with Crippen molar-refractivity contribution in [3.63, 3.8) is 0 Å². The molecule has 14 heteroatoms. The van der Waals surface area contributed by atoms with Crippen molar-refractivity contribution in [2.45, 2.75) is 0 Å². The highest BCUT2D eigenvalue weighted by atomic mass is 16.6. The summed E-state index contributed by atoms with van der Waals surface area (Å²) in [5, 5.41) is 0. The van der Waals surface area contributed by atoms with Crippen LogP contribution in [0.25, 0.3) is 0 Å². The average Bonchev–Trinajstić information content (AvgIpc) is 3.02. The van der Waals surface area contributed by atoms with Crippen LogP contribution in [-0.4, -0.2) is 153 Å². The van der Waals surface area contributed by atoms with Crippen LogP contribution >= 0.6 is 0 Å². The van der Waals surface area contributed by atoms with Crippen molar-refractivity contribution in [3.05, 3.63) is 17.7 Å². The molecular weight excluding hydrogens is 572 g/mol. The predicted molar refractivity (Wildman–Crippen MR) is 155 cm³/mol. The van der Waals surface area contributed by atoms with E-state index < -0.39 is 5.97 Å². The fourth-order valence-electron chi connectivity index (χ4n) is 3.19. The molecule has 43 heavy (non-hydrogen) atoms. The van der Waals surface area contributed by atoms with Gasteiger partial charge in [-0.25, -0.2) is 4.79 Å². The van der Waals surface area contributed by atoms with E-state index in [1.54, 1.807) is 33.5 Å². The summed E-state index contributed by atoms with van der Waals surface area (Å²) in [6, 6.07) is 3.08. The Morgan fingerprint density at radius 2 is 0.744 bits per heavy atom. The molecule has 0 heterocycles. The van der Waals surface area contributed by atoms with Crippen LogP contribution in [0.15, 0.2) is 12.1 Å². The molecule has 1 rings (SSSR count). The molecule has 0 N–H and O–H groups in total. The molecule has 14 nitrogen and oxygen atoms in total. The van der Waals surface area contributed by atoms with E-state index in [1.165, 1.54) is 7.11 Å². The molecule has 0 saturated carbocycles. The number of hydrogen-bond donors (Lipinski definition) is 0. The Morgan fingerprint density at radius 1 is 0.442 bits per heavy atom. The number of ether oxygens (including phenoxy) is 13. The Morgan fingerprint density at radius 3 is 1.07 bits per heavy atom. The molecule has 0 unspecified atom stereocenters. The van der Waals surface area contributed by atoms with Gasteiger partial charge in [-0.15, -0.1) is 0 Å². The van der Waals surface area contributed by atoms with Crippen LogP contribution in [0.4, 0.5) is 0 Å². The van der Waals surface area contributed by atoms with E-state index in [9.17, 15) is 4.79 Å². The Bertz CT molecular complexity index is 751. The maximum absolute atomic E-state index is 12.4. The number of benzene rings is 1. The van der Waals surface area contributed by atoms with E-state index >= 15 is 0 Å².